The first kappa shape index (κ1) is 19.6. The standard InChI is InChI=1S/C23H31N5O2/c1-27(2)18-8-6-16(7-9-18)12-28-11-10-23(14-28)15-30-13-19-20(25-26-21(19)23)22(29)24-17-4-3-5-17/h6-9,17H,3-5,10-15H2,1-2H3,(H,24,29)(H,25,26). The maximum absolute atomic E-state index is 12.7. The van der Waals surface area contributed by atoms with Gasteiger partial charge in [-0.25, -0.2) is 0 Å². The number of rotatable bonds is 5. The van der Waals surface area contributed by atoms with Gasteiger partial charge in [-0.15, -0.1) is 0 Å². The number of fused-ring (bicyclic) bond motifs is 2. The third kappa shape index (κ3) is 3.50. The van der Waals surface area contributed by atoms with Gasteiger partial charge in [-0.3, -0.25) is 14.8 Å². The molecule has 1 atom stereocenters. The van der Waals surface area contributed by atoms with Gasteiger partial charge in [0.15, 0.2) is 5.69 Å². The van der Waals surface area contributed by atoms with Crippen molar-refractivity contribution in [2.45, 2.75) is 50.3 Å². The molecule has 7 heteroatoms. The van der Waals surface area contributed by atoms with E-state index in [1.54, 1.807) is 0 Å². The minimum Gasteiger partial charge on any atom is -0.378 e. The number of anilines is 1. The second-order valence-electron chi connectivity index (χ2n) is 9.32. The number of ether oxygens (including phenoxy) is 1. The highest BCUT2D eigenvalue weighted by atomic mass is 16.5. The van der Waals surface area contributed by atoms with E-state index in [0.29, 0.717) is 24.9 Å². The second-order valence-corrected chi connectivity index (χ2v) is 9.32. The van der Waals surface area contributed by atoms with Crippen molar-refractivity contribution >= 4 is 11.6 Å². The van der Waals surface area contributed by atoms with E-state index in [2.05, 4.69) is 63.7 Å². The Bertz CT molecular complexity index is 918. The smallest absolute Gasteiger partial charge is 0.272 e. The van der Waals surface area contributed by atoms with Crippen LogP contribution in [-0.2, 0) is 23.3 Å². The Kier molecular flexibility index (Phi) is 5.03. The number of hydrogen-bond acceptors (Lipinski definition) is 5. The zero-order chi connectivity index (χ0) is 20.7. The fourth-order valence-corrected chi connectivity index (χ4v) is 4.93. The summed E-state index contributed by atoms with van der Waals surface area (Å²) >= 11 is 0. The summed E-state index contributed by atoms with van der Waals surface area (Å²) in [4.78, 5) is 17.3. The number of aromatic amines is 1. The van der Waals surface area contributed by atoms with Crippen LogP contribution >= 0.6 is 0 Å². The summed E-state index contributed by atoms with van der Waals surface area (Å²) in [5, 5.41) is 10.8. The number of carbonyl (C=O) groups is 1. The van der Waals surface area contributed by atoms with E-state index in [9.17, 15) is 4.79 Å². The van der Waals surface area contributed by atoms with Crippen LogP contribution in [0.5, 0.6) is 0 Å². The number of H-pyrrole nitrogens is 1. The molecule has 2 fully saturated rings. The summed E-state index contributed by atoms with van der Waals surface area (Å²) in [5.41, 5.74) is 5.02. The Morgan fingerprint density at radius 3 is 2.83 bits per heavy atom. The topological polar surface area (TPSA) is 73.5 Å². The van der Waals surface area contributed by atoms with E-state index in [0.717, 1.165) is 50.2 Å². The van der Waals surface area contributed by atoms with Gasteiger partial charge >= 0.3 is 0 Å². The highest BCUT2D eigenvalue weighted by Crippen LogP contribution is 2.40. The number of carbonyl (C=O) groups excluding carboxylic acids is 1. The molecule has 2 aliphatic heterocycles. The molecule has 2 N–H and O–H groups in total. The molecule has 1 saturated carbocycles. The van der Waals surface area contributed by atoms with Crippen LogP contribution in [0.25, 0.3) is 0 Å². The number of hydrogen-bond donors (Lipinski definition) is 2. The number of amides is 1. The van der Waals surface area contributed by atoms with Crippen LogP contribution in [0, 0.1) is 0 Å². The normalized spacial score (nSPS) is 23.9. The lowest BCUT2D eigenvalue weighted by atomic mass is 9.80. The Labute approximate surface area is 177 Å². The van der Waals surface area contributed by atoms with Crippen LogP contribution in [0.15, 0.2) is 24.3 Å². The van der Waals surface area contributed by atoms with Crippen LogP contribution in [0.2, 0.25) is 0 Å². The van der Waals surface area contributed by atoms with Crippen molar-refractivity contribution in [3.8, 4) is 0 Å². The molecule has 1 aromatic carbocycles. The van der Waals surface area contributed by atoms with Crippen LogP contribution in [0.4, 0.5) is 5.69 Å². The molecule has 1 unspecified atom stereocenters. The largest absolute Gasteiger partial charge is 0.378 e. The molecule has 160 valence electrons. The molecule has 7 nitrogen and oxygen atoms in total. The molecule has 0 bridgehead atoms. The van der Waals surface area contributed by atoms with Gasteiger partial charge in [0.2, 0.25) is 0 Å². The monoisotopic (exact) mass is 409 g/mol. The van der Waals surface area contributed by atoms with Crippen LogP contribution < -0.4 is 10.2 Å². The van der Waals surface area contributed by atoms with Crippen molar-refractivity contribution in [3.05, 3.63) is 46.8 Å². The van der Waals surface area contributed by atoms with Gasteiger partial charge in [0.05, 0.1) is 18.9 Å². The molecule has 2 aromatic rings. The van der Waals surface area contributed by atoms with Gasteiger partial charge < -0.3 is 15.0 Å². The number of aromatic nitrogens is 2. The predicted molar refractivity (Wildman–Crippen MR) is 116 cm³/mol. The lowest BCUT2D eigenvalue weighted by Gasteiger charge is -2.33. The quantitative estimate of drug-likeness (QED) is 0.794. The molecule has 3 heterocycles. The van der Waals surface area contributed by atoms with Crippen LogP contribution in [-0.4, -0.2) is 60.8 Å². The highest BCUT2D eigenvalue weighted by Gasteiger charge is 2.46. The van der Waals surface area contributed by atoms with Crippen molar-refractivity contribution < 1.29 is 9.53 Å². The molecule has 1 aromatic heterocycles. The van der Waals surface area contributed by atoms with Crippen molar-refractivity contribution in [3.63, 3.8) is 0 Å². The maximum Gasteiger partial charge on any atom is 0.272 e. The lowest BCUT2D eigenvalue weighted by Crippen LogP contribution is -2.41. The number of nitrogens with zero attached hydrogens (tertiary/aromatic N) is 3. The molecule has 1 aliphatic carbocycles. The summed E-state index contributed by atoms with van der Waals surface area (Å²) in [6.07, 6.45) is 4.36. The van der Waals surface area contributed by atoms with Crippen molar-refractivity contribution in [1.29, 1.82) is 0 Å². The zero-order valence-electron chi connectivity index (χ0n) is 17.9. The molecule has 30 heavy (non-hydrogen) atoms. The Hall–Kier alpha value is -2.38. The van der Waals surface area contributed by atoms with Crippen molar-refractivity contribution in [1.82, 2.24) is 20.4 Å². The first-order valence-corrected chi connectivity index (χ1v) is 11.0. The number of nitrogens with one attached hydrogen (secondary N) is 2. The summed E-state index contributed by atoms with van der Waals surface area (Å²) in [7, 11) is 4.12. The third-order valence-electron chi connectivity index (χ3n) is 6.97. The van der Waals surface area contributed by atoms with Crippen LogP contribution in [0.1, 0.15) is 53.0 Å². The molecular weight excluding hydrogens is 378 g/mol. The van der Waals surface area contributed by atoms with Gasteiger partial charge in [-0.2, -0.15) is 5.10 Å². The Morgan fingerprint density at radius 2 is 2.13 bits per heavy atom. The van der Waals surface area contributed by atoms with E-state index in [1.165, 1.54) is 17.7 Å². The molecule has 5 rings (SSSR count). The molecule has 3 aliphatic rings. The summed E-state index contributed by atoms with van der Waals surface area (Å²) in [6.45, 7) is 4.01. The second kappa shape index (κ2) is 7.71. The number of benzene rings is 1. The van der Waals surface area contributed by atoms with Gasteiger partial charge in [0.1, 0.15) is 0 Å². The van der Waals surface area contributed by atoms with Crippen LogP contribution in [0.3, 0.4) is 0 Å². The highest BCUT2D eigenvalue weighted by molar-refractivity contribution is 5.94. The lowest BCUT2D eigenvalue weighted by molar-refractivity contribution is 0.0508. The summed E-state index contributed by atoms with van der Waals surface area (Å²) in [5.74, 6) is -0.0614. The minimum atomic E-state index is -0.0981. The molecule has 1 amide bonds. The molecule has 1 saturated heterocycles. The molecular formula is C23H31N5O2. The Balaban J connectivity index is 1.30. The van der Waals surface area contributed by atoms with E-state index in [-0.39, 0.29) is 11.3 Å². The van der Waals surface area contributed by atoms with E-state index >= 15 is 0 Å². The Morgan fingerprint density at radius 1 is 1.33 bits per heavy atom. The van der Waals surface area contributed by atoms with E-state index in [4.69, 9.17) is 4.74 Å². The van der Waals surface area contributed by atoms with Gasteiger partial charge in [-0.1, -0.05) is 12.1 Å². The molecule has 0 radical (unpaired) electrons. The van der Waals surface area contributed by atoms with Gasteiger partial charge in [0.25, 0.3) is 5.91 Å². The maximum atomic E-state index is 12.7. The third-order valence-corrected chi connectivity index (χ3v) is 6.97. The SMILES string of the molecule is CN(C)c1ccc(CN2CCC3(COCc4c(C(=O)NC5CCC5)n[nH]c43)C2)cc1. The average molecular weight is 410 g/mol. The zero-order valence-corrected chi connectivity index (χ0v) is 17.9. The van der Waals surface area contributed by atoms with Gasteiger partial charge in [0, 0.05) is 49.9 Å². The summed E-state index contributed by atoms with van der Waals surface area (Å²) < 4.78 is 6.00. The predicted octanol–water partition coefficient (Wildman–Crippen LogP) is 2.43. The minimum absolute atomic E-state index is 0.0614. The summed E-state index contributed by atoms with van der Waals surface area (Å²) in [6, 6.07) is 9.07. The first-order chi connectivity index (χ1) is 14.5. The van der Waals surface area contributed by atoms with E-state index < -0.39 is 0 Å². The fraction of sp³-hybridized carbons (Fsp3) is 0.565. The first-order valence-electron chi connectivity index (χ1n) is 11.0. The average Bonchev–Trinajstić information content (AvgIpc) is 3.31. The fourth-order valence-electron chi connectivity index (χ4n) is 4.93. The van der Waals surface area contributed by atoms with Crippen molar-refractivity contribution in [2.24, 2.45) is 0 Å². The number of likely N-dealkylation sites (tertiary alicyclic amines) is 1. The molecule has 1 spiro atoms. The van der Waals surface area contributed by atoms with Crippen molar-refractivity contribution in [2.75, 3.05) is 38.7 Å². The van der Waals surface area contributed by atoms with Gasteiger partial charge in [-0.05, 0) is 49.9 Å². The van der Waals surface area contributed by atoms with E-state index in [1.807, 2.05) is 0 Å².